The summed E-state index contributed by atoms with van der Waals surface area (Å²) in [6, 6.07) is 0. The van der Waals surface area contributed by atoms with Gasteiger partial charge in [-0.3, -0.25) is 0 Å². The van der Waals surface area contributed by atoms with E-state index in [1.807, 2.05) is 0 Å². The highest BCUT2D eigenvalue weighted by Crippen LogP contribution is 2.23. The molecular weight excluding hydrogens is 228 g/mol. The molecule has 0 aliphatic carbocycles. The fourth-order valence-corrected chi connectivity index (χ4v) is 2.43. The molecule has 5 atom stereocenters. The summed E-state index contributed by atoms with van der Waals surface area (Å²) in [5, 5.41) is 36.8. The summed E-state index contributed by atoms with van der Waals surface area (Å²) >= 11 is 0. The third kappa shape index (κ3) is 2.47. The van der Waals surface area contributed by atoms with Crippen LogP contribution in [0, 0.1) is 0 Å². The van der Waals surface area contributed by atoms with Crippen LogP contribution in [0.3, 0.4) is 0 Å². The summed E-state index contributed by atoms with van der Waals surface area (Å²) in [6.45, 7) is -0.642. The second-order valence-corrected chi connectivity index (χ2v) is 5.65. The number of hydrogen-bond acceptors (Lipinski definition) is 7. The van der Waals surface area contributed by atoms with Gasteiger partial charge in [0.25, 0.3) is 0 Å². The Morgan fingerprint density at radius 2 is 1.67 bits per heavy atom. The molecule has 0 aromatic heterocycles. The Balaban J connectivity index is 2.93. The molecule has 0 saturated carbocycles. The van der Waals surface area contributed by atoms with Crippen molar-refractivity contribution in [3.8, 4) is 0 Å². The lowest BCUT2D eigenvalue weighted by molar-refractivity contribution is -0.207. The Kier molecular flexibility index (Phi) is 3.69. The maximum atomic E-state index is 11.2. The number of hydrogen-bond donors (Lipinski definition) is 4. The highest BCUT2D eigenvalue weighted by Gasteiger charge is 2.47. The van der Waals surface area contributed by atoms with Gasteiger partial charge in [-0.05, 0) is 0 Å². The van der Waals surface area contributed by atoms with E-state index < -0.39 is 46.3 Å². The van der Waals surface area contributed by atoms with Crippen molar-refractivity contribution in [1.82, 2.24) is 0 Å². The third-order valence-electron chi connectivity index (χ3n) is 2.27. The summed E-state index contributed by atoms with van der Waals surface area (Å²) in [7, 11) is -3.73. The van der Waals surface area contributed by atoms with Gasteiger partial charge in [-0.2, -0.15) is 0 Å². The Morgan fingerprint density at radius 3 is 2.07 bits per heavy atom. The predicted octanol–water partition coefficient (Wildman–Crippen LogP) is -3.17. The molecule has 0 amide bonds. The molecule has 7 nitrogen and oxygen atoms in total. The minimum absolute atomic E-state index is 0.642. The fraction of sp³-hybridized carbons (Fsp3) is 1.00. The highest BCUT2D eigenvalue weighted by molar-refractivity contribution is 7.91. The highest BCUT2D eigenvalue weighted by atomic mass is 32.2. The van der Waals surface area contributed by atoms with Crippen LogP contribution in [0.5, 0.6) is 0 Å². The lowest BCUT2D eigenvalue weighted by Gasteiger charge is -2.38. The van der Waals surface area contributed by atoms with Crippen LogP contribution in [-0.4, -0.2) is 71.6 Å². The molecule has 1 saturated heterocycles. The molecule has 0 aromatic rings. The fourth-order valence-electron chi connectivity index (χ4n) is 1.42. The van der Waals surface area contributed by atoms with Crippen molar-refractivity contribution in [2.75, 3.05) is 12.9 Å². The second kappa shape index (κ2) is 4.32. The quantitative estimate of drug-likeness (QED) is 0.402. The van der Waals surface area contributed by atoms with Gasteiger partial charge in [0.2, 0.25) is 0 Å². The van der Waals surface area contributed by atoms with E-state index in [2.05, 4.69) is 0 Å². The molecule has 0 aromatic carbocycles. The zero-order valence-corrected chi connectivity index (χ0v) is 8.83. The van der Waals surface area contributed by atoms with Crippen molar-refractivity contribution in [1.29, 1.82) is 0 Å². The molecule has 0 radical (unpaired) electrons. The normalized spacial score (nSPS) is 42.9. The van der Waals surface area contributed by atoms with E-state index in [0.717, 1.165) is 6.26 Å². The van der Waals surface area contributed by atoms with Crippen LogP contribution < -0.4 is 0 Å². The maximum Gasteiger partial charge on any atom is 0.187 e. The Morgan fingerprint density at radius 1 is 1.13 bits per heavy atom. The van der Waals surface area contributed by atoms with Crippen molar-refractivity contribution >= 4 is 9.84 Å². The molecule has 1 heterocycles. The molecule has 90 valence electrons. The molecule has 1 rings (SSSR count). The molecule has 0 unspecified atom stereocenters. The molecular formula is C7H14O7S. The van der Waals surface area contributed by atoms with Gasteiger partial charge >= 0.3 is 0 Å². The molecule has 1 aliphatic rings. The molecule has 0 bridgehead atoms. The largest absolute Gasteiger partial charge is 0.394 e. The van der Waals surface area contributed by atoms with Gasteiger partial charge in [0.15, 0.2) is 15.3 Å². The Hall–Kier alpha value is -0.250. The Bertz CT molecular complexity index is 311. The molecule has 1 fully saturated rings. The van der Waals surface area contributed by atoms with Crippen molar-refractivity contribution in [2.45, 2.75) is 29.9 Å². The molecule has 15 heavy (non-hydrogen) atoms. The third-order valence-corrected chi connectivity index (χ3v) is 3.50. The standard InChI is InChI=1S/C7H14O7S/c1-15(12,13)7-6(11)5(10)4(9)3(2-8)14-7/h3-11H,2H2,1H3/t3-,4-,5+,6+,7-/m1/s1. The average molecular weight is 242 g/mol. The summed E-state index contributed by atoms with van der Waals surface area (Å²) in [5.41, 5.74) is -1.63. The number of aliphatic hydroxyl groups is 4. The minimum Gasteiger partial charge on any atom is -0.394 e. The maximum absolute atomic E-state index is 11.2. The zero-order chi connectivity index (χ0) is 11.8. The number of sulfone groups is 1. The second-order valence-electron chi connectivity index (χ2n) is 3.53. The van der Waals surface area contributed by atoms with E-state index >= 15 is 0 Å². The van der Waals surface area contributed by atoms with Crippen LogP contribution in [0.4, 0.5) is 0 Å². The first kappa shape index (κ1) is 12.8. The van der Waals surface area contributed by atoms with Gasteiger partial charge in [-0.15, -0.1) is 0 Å². The average Bonchev–Trinajstić information content (AvgIpc) is 2.13. The van der Waals surface area contributed by atoms with E-state index in [4.69, 9.17) is 9.84 Å². The smallest absolute Gasteiger partial charge is 0.187 e. The summed E-state index contributed by atoms with van der Waals surface area (Å²) in [5.74, 6) is 0. The zero-order valence-electron chi connectivity index (χ0n) is 8.02. The van der Waals surface area contributed by atoms with E-state index in [0.29, 0.717) is 0 Å². The first-order valence-corrected chi connectivity index (χ1v) is 6.24. The summed E-state index contributed by atoms with van der Waals surface area (Å²) in [6.07, 6.45) is -5.28. The van der Waals surface area contributed by atoms with E-state index in [1.54, 1.807) is 0 Å². The van der Waals surface area contributed by atoms with E-state index in [9.17, 15) is 23.7 Å². The molecule has 0 spiro atoms. The van der Waals surface area contributed by atoms with Crippen molar-refractivity contribution in [3.05, 3.63) is 0 Å². The van der Waals surface area contributed by atoms with E-state index in [-0.39, 0.29) is 0 Å². The van der Waals surface area contributed by atoms with Crippen LogP contribution in [0.15, 0.2) is 0 Å². The van der Waals surface area contributed by atoms with Crippen molar-refractivity contribution in [2.24, 2.45) is 0 Å². The van der Waals surface area contributed by atoms with Crippen LogP contribution in [0.2, 0.25) is 0 Å². The lowest BCUT2D eigenvalue weighted by Crippen LogP contribution is -2.60. The van der Waals surface area contributed by atoms with Gasteiger partial charge in [-0.25, -0.2) is 8.42 Å². The number of rotatable bonds is 2. The first-order chi connectivity index (χ1) is 6.79. The van der Waals surface area contributed by atoms with E-state index in [1.165, 1.54) is 0 Å². The van der Waals surface area contributed by atoms with Crippen LogP contribution >= 0.6 is 0 Å². The van der Waals surface area contributed by atoms with Gasteiger partial charge in [0.05, 0.1) is 6.61 Å². The van der Waals surface area contributed by atoms with Gasteiger partial charge in [0, 0.05) is 6.26 Å². The topological polar surface area (TPSA) is 124 Å². The predicted molar refractivity (Wildman–Crippen MR) is 48.6 cm³/mol. The summed E-state index contributed by atoms with van der Waals surface area (Å²) in [4.78, 5) is 0. The Labute approximate surface area is 86.8 Å². The van der Waals surface area contributed by atoms with Crippen molar-refractivity contribution < 1.29 is 33.6 Å². The van der Waals surface area contributed by atoms with Crippen LogP contribution in [0.25, 0.3) is 0 Å². The van der Waals surface area contributed by atoms with Gasteiger partial charge in [-0.1, -0.05) is 0 Å². The summed E-state index contributed by atoms with van der Waals surface area (Å²) < 4.78 is 27.1. The monoisotopic (exact) mass is 242 g/mol. The van der Waals surface area contributed by atoms with Crippen LogP contribution in [-0.2, 0) is 14.6 Å². The van der Waals surface area contributed by atoms with Gasteiger partial charge < -0.3 is 25.2 Å². The van der Waals surface area contributed by atoms with Gasteiger partial charge in [0.1, 0.15) is 24.4 Å². The SMILES string of the molecule is CS(=O)(=O)[C@H]1O[C@H](CO)[C@@H](O)[C@H](O)[C@@H]1O. The number of ether oxygens (including phenoxy) is 1. The molecule has 8 heteroatoms. The van der Waals surface area contributed by atoms with Crippen LogP contribution in [0.1, 0.15) is 0 Å². The number of aliphatic hydroxyl groups excluding tert-OH is 4. The lowest BCUT2D eigenvalue weighted by atomic mass is 10.0. The molecule has 4 N–H and O–H groups in total. The minimum atomic E-state index is -3.73. The van der Waals surface area contributed by atoms with Crippen molar-refractivity contribution in [3.63, 3.8) is 0 Å². The molecule has 1 aliphatic heterocycles. The first-order valence-electron chi connectivity index (χ1n) is 4.28.